The Bertz CT molecular complexity index is 1380. The second-order valence-electron chi connectivity index (χ2n) is 7.30. The summed E-state index contributed by atoms with van der Waals surface area (Å²) >= 11 is 6.20. The van der Waals surface area contributed by atoms with E-state index in [1.54, 1.807) is 11.6 Å². The molecule has 31 heavy (non-hydrogen) atoms. The quantitative estimate of drug-likeness (QED) is 0.383. The molecule has 0 bridgehead atoms. The molecule has 1 N–H and O–H groups in total. The van der Waals surface area contributed by atoms with E-state index in [9.17, 15) is 0 Å². The van der Waals surface area contributed by atoms with Crippen LogP contribution in [-0.4, -0.2) is 26.9 Å². The van der Waals surface area contributed by atoms with Crippen molar-refractivity contribution in [1.29, 1.82) is 0 Å². The van der Waals surface area contributed by atoms with Crippen molar-refractivity contribution in [3.63, 3.8) is 0 Å². The van der Waals surface area contributed by atoms with Gasteiger partial charge in [0.05, 0.1) is 12.6 Å². The third kappa shape index (κ3) is 3.55. The zero-order valence-corrected chi connectivity index (χ0v) is 17.8. The highest BCUT2D eigenvalue weighted by Gasteiger charge is 2.17. The maximum absolute atomic E-state index is 6.20. The van der Waals surface area contributed by atoms with Gasteiger partial charge in [0.2, 0.25) is 0 Å². The summed E-state index contributed by atoms with van der Waals surface area (Å²) in [7, 11) is 1.67. The lowest BCUT2D eigenvalue weighted by molar-refractivity contribution is 0.414. The molecule has 0 amide bonds. The fourth-order valence-corrected chi connectivity index (χ4v) is 3.87. The molecular weight excluding hydrogens is 410 g/mol. The molecule has 0 saturated carbocycles. The Morgan fingerprint density at radius 2 is 1.81 bits per heavy atom. The van der Waals surface area contributed by atoms with Gasteiger partial charge in [-0.05, 0) is 48.9 Å². The molecule has 154 valence electrons. The Morgan fingerprint density at radius 1 is 1.00 bits per heavy atom. The normalized spacial score (nSPS) is 12.2. The third-order valence-electron chi connectivity index (χ3n) is 5.32. The summed E-state index contributed by atoms with van der Waals surface area (Å²) in [6, 6.07) is 23.6. The minimum Gasteiger partial charge on any atom is -0.497 e. The number of ether oxygens (including phenoxy) is 1. The number of hydrogen-bond donors (Lipinski definition) is 1. The number of nitrogens with one attached hydrogen (secondary N) is 1. The van der Waals surface area contributed by atoms with Gasteiger partial charge in [0, 0.05) is 22.0 Å². The van der Waals surface area contributed by atoms with Crippen LogP contribution in [0.15, 0.2) is 72.8 Å². The topological polar surface area (TPSA) is 64.3 Å². The standard InChI is InChI=1S/C24H20ClN5O/c1-15(16-10-12-19(31-2)13-11-16)26-23-20-8-3-4-9-21(20)30-24(27-23)22(28-29-30)17-6-5-7-18(25)14-17/h3-15H,1-2H3,(H,26,27)/t15-/m1/s1. The van der Waals surface area contributed by atoms with Crippen LogP contribution in [0, 0.1) is 0 Å². The van der Waals surface area contributed by atoms with Crippen molar-refractivity contribution in [2.24, 2.45) is 0 Å². The monoisotopic (exact) mass is 429 g/mol. The zero-order chi connectivity index (χ0) is 21.4. The predicted octanol–water partition coefficient (Wildman–Crippen LogP) is 5.78. The van der Waals surface area contributed by atoms with Crippen molar-refractivity contribution in [3.8, 4) is 17.0 Å². The molecule has 7 heteroatoms. The zero-order valence-electron chi connectivity index (χ0n) is 17.1. The summed E-state index contributed by atoms with van der Waals surface area (Å²) in [5, 5.41) is 14.0. The van der Waals surface area contributed by atoms with Crippen LogP contribution in [0.2, 0.25) is 5.02 Å². The van der Waals surface area contributed by atoms with Crippen molar-refractivity contribution in [2.75, 3.05) is 12.4 Å². The molecule has 2 heterocycles. The van der Waals surface area contributed by atoms with Crippen molar-refractivity contribution in [2.45, 2.75) is 13.0 Å². The summed E-state index contributed by atoms with van der Waals surface area (Å²) in [5.74, 6) is 1.61. The van der Waals surface area contributed by atoms with Crippen LogP contribution in [0.1, 0.15) is 18.5 Å². The van der Waals surface area contributed by atoms with Gasteiger partial charge in [0.15, 0.2) is 5.65 Å². The molecule has 3 aromatic carbocycles. The number of rotatable bonds is 5. The maximum atomic E-state index is 6.20. The smallest absolute Gasteiger partial charge is 0.186 e. The van der Waals surface area contributed by atoms with E-state index in [2.05, 4.69) is 34.7 Å². The summed E-state index contributed by atoms with van der Waals surface area (Å²) in [4.78, 5) is 4.93. The number of anilines is 1. The third-order valence-corrected chi connectivity index (χ3v) is 5.55. The van der Waals surface area contributed by atoms with Crippen molar-refractivity contribution < 1.29 is 4.74 Å². The summed E-state index contributed by atoms with van der Waals surface area (Å²) in [5.41, 5.74) is 4.30. The predicted molar refractivity (Wildman–Crippen MR) is 124 cm³/mol. The van der Waals surface area contributed by atoms with Gasteiger partial charge in [-0.2, -0.15) is 4.52 Å². The first kappa shape index (κ1) is 19.3. The Morgan fingerprint density at radius 3 is 2.58 bits per heavy atom. The molecule has 5 rings (SSSR count). The summed E-state index contributed by atoms with van der Waals surface area (Å²) in [6.45, 7) is 2.11. The van der Waals surface area contributed by atoms with E-state index < -0.39 is 0 Å². The molecule has 2 aromatic heterocycles. The number of fused-ring (bicyclic) bond motifs is 3. The first-order chi connectivity index (χ1) is 15.1. The maximum Gasteiger partial charge on any atom is 0.186 e. The number of methoxy groups -OCH3 is 1. The van der Waals surface area contributed by atoms with Gasteiger partial charge in [-0.25, -0.2) is 4.98 Å². The molecule has 0 aliphatic carbocycles. The van der Waals surface area contributed by atoms with E-state index in [-0.39, 0.29) is 6.04 Å². The Hall–Kier alpha value is -3.64. The van der Waals surface area contributed by atoms with Crippen LogP contribution < -0.4 is 10.1 Å². The van der Waals surface area contributed by atoms with Crippen molar-refractivity contribution in [1.82, 2.24) is 19.8 Å². The van der Waals surface area contributed by atoms with E-state index in [0.717, 1.165) is 33.6 Å². The van der Waals surface area contributed by atoms with Gasteiger partial charge in [-0.1, -0.05) is 53.2 Å². The largest absolute Gasteiger partial charge is 0.497 e. The van der Waals surface area contributed by atoms with Gasteiger partial charge in [0.25, 0.3) is 0 Å². The molecule has 6 nitrogen and oxygen atoms in total. The average molecular weight is 430 g/mol. The lowest BCUT2D eigenvalue weighted by atomic mass is 10.1. The molecule has 0 aliphatic rings. The molecular formula is C24H20ClN5O. The number of para-hydroxylation sites is 1. The Labute approximate surface area is 184 Å². The van der Waals surface area contributed by atoms with Crippen LogP contribution in [0.25, 0.3) is 27.8 Å². The second kappa shape index (κ2) is 7.89. The van der Waals surface area contributed by atoms with Gasteiger partial charge in [0.1, 0.15) is 17.3 Å². The number of hydrogen-bond acceptors (Lipinski definition) is 5. The molecule has 0 radical (unpaired) electrons. The molecule has 0 unspecified atom stereocenters. The average Bonchev–Trinajstić information content (AvgIpc) is 3.23. The van der Waals surface area contributed by atoms with E-state index in [4.69, 9.17) is 21.3 Å². The minimum absolute atomic E-state index is 0.0368. The number of nitrogens with zero attached hydrogens (tertiary/aromatic N) is 4. The van der Waals surface area contributed by atoms with E-state index in [1.807, 2.05) is 60.7 Å². The molecule has 0 fully saturated rings. The molecule has 1 atom stereocenters. The van der Waals surface area contributed by atoms with E-state index >= 15 is 0 Å². The lowest BCUT2D eigenvalue weighted by Crippen LogP contribution is -2.09. The first-order valence-corrected chi connectivity index (χ1v) is 10.3. The molecule has 0 spiro atoms. The highest BCUT2D eigenvalue weighted by molar-refractivity contribution is 6.30. The van der Waals surface area contributed by atoms with Crippen LogP contribution in [0.4, 0.5) is 5.82 Å². The van der Waals surface area contributed by atoms with Crippen molar-refractivity contribution in [3.05, 3.63) is 83.4 Å². The van der Waals surface area contributed by atoms with Crippen LogP contribution >= 0.6 is 11.6 Å². The fourth-order valence-electron chi connectivity index (χ4n) is 3.68. The fraction of sp³-hybridized carbons (Fsp3) is 0.125. The van der Waals surface area contributed by atoms with E-state index in [1.165, 1.54) is 0 Å². The lowest BCUT2D eigenvalue weighted by Gasteiger charge is -2.17. The summed E-state index contributed by atoms with van der Waals surface area (Å²) in [6.07, 6.45) is 0. The minimum atomic E-state index is 0.0368. The Kier molecular flexibility index (Phi) is 4.92. The number of halogens is 1. The van der Waals surface area contributed by atoms with Gasteiger partial charge in [-0.15, -0.1) is 5.10 Å². The van der Waals surface area contributed by atoms with Gasteiger partial charge in [-0.3, -0.25) is 0 Å². The van der Waals surface area contributed by atoms with Crippen LogP contribution in [0.5, 0.6) is 5.75 Å². The van der Waals surface area contributed by atoms with Crippen molar-refractivity contribution >= 4 is 34.0 Å². The van der Waals surface area contributed by atoms with Gasteiger partial charge >= 0.3 is 0 Å². The SMILES string of the molecule is COc1ccc([C@@H](C)Nc2nc3c(-c4cccc(Cl)c4)nnn3c3ccccc23)cc1. The summed E-state index contributed by atoms with van der Waals surface area (Å²) < 4.78 is 7.04. The van der Waals surface area contributed by atoms with Gasteiger partial charge < -0.3 is 10.1 Å². The molecule has 0 aliphatic heterocycles. The van der Waals surface area contributed by atoms with E-state index in [0.29, 0.717) is 16.4 Å². The van der Waals surface area contributed by atoms with Crippen LogP contribution in [0.3, 0.4) is 0 Å². The first-order valence-electron chi connectivity index (χ1n) is 9.94. The van der Waals surface area contributed by atoms with Crippen LogP contribution in [-0.2, 0) is 0 Å². The highest BCUT2D eigenvalue weighted by Crippen LogP contribution is 2.31. The number of aromatic nitrogens is 4. The molecule has 5 aromatic rings. The second-order valence-corrected chi connectivity index (χ2v) is 7.74. The number of benzene rings is 3. The molecule has 0 saturated heterocycles. The highest BCUT2D eigenvalue weighted by atomic mass is 35.5. The Balaban J connectivity index is 1.63.